The summed E-state index contributed by atoms with van der Waals surface area (Å²) in [5, 5.41) is 0.479. The van der Waals surface area contributed by atoms with E-state index in [-0.39, 0.29) is 0 Å². The minimum atomic E-state index is 0.479. The van der Waals surface area contributed by atoms with Gasteiger partial charge in [0.1, 0.15) is 10.9 Å². The second-order valence-corrected chi connectivity index (χ2v) is 3.26. The van der Waals surface area contributed by atoms with E-state index < -0.39 is 0 Å². The number of pyridine rings is 1. The Morgan fingerprint density at radius 3 is 2.92 bits per heavy atom. The van der Waals surface area contributed by atoms with Crippen molar-refractivity contribution in [2.45, 2.75) is 13.3 Å². The van der Waals surface area contributed by atoms with Crippen LogP contribution in [0.25, 0.3) is 0 Å². The molecule has 1 rings (SSSR count). The van der Waals surface area contributed by atoms with E-state index in [1.807, 2.05) is 6.92 Å². The van der Waals surface area contributed by atoms with Crippen LogP contribution in [0.4, 0.5) is 0 Å². The van der Waals surface area contributed by atoms with Crippen LogP contribution >= 0.6 is 11.6 Å². The van der Waals surface area contributed by atoms with Crippen molar-refractivity contribution in [1.82, 2.24) is 4.98 Å². The lowest BCUT2D eigenvalue weighted by Gasteiger charge is -2.04. The molecule has 0 aliphatic rings. The van der Waals surface area contributed by atoms with Gasteiger partial charge in [0, 0.05) is 6.42 Å². The van der Waals surface area contributed by atoms with Gasteiger partial charge in [-0.3, -0.25) is 0 Å². The Morgan fingerprint density at radius 2 is 2.38 bits per heavy atom. The van der Waals surface area contributed by atoms with Crippen LogP contribution in [0.5, 0.6) is 5.75 Å². The monoisotopic (exact) mass is 197 g/mol. The highest BCUT2D eigenvalue weighted by molar-refractivity contribution is 6.29. The van der Waals surface area contributed by atoms with Crippen molar-refractivity contribution in [1.29, 1.82) is 0 Å². The van der Waals surface area contributed by atoms with Crippen LogP contribution in [0, 0.1) is 0 Å². The van der Waals surface area contributed by atoms with Gasteiger partial charge in [0.2, 0.25) is 0 Å². The maximum Gasteiger partial charge on any atom is 0.137 e. The fraction of sp³-hybridized carbons (Fsp3) is 0.300. The summed E-state index contributed by atoms with van der Waals surface area (Å²) < 4.78 is 5.39. The number of aromatic nitrogens is 1. The summed E-state index contributed by atoms with van der Waals surface area (Å²) in [4.78, 5) is 3.89. The van der Waals surface area contributed by atoms with Crippen molar-refractivity contribution >= 4 is 11.6 Å². The van der Waals surface area contributed by atoms with Crippen LogP contribution in [0.2, 0.25) is 5.15 Å². The molecule has 0 aliphatic heterocycles. The number of halogens is 1. The van der Waals surface area contributed by atoms with Gasteiger partial charge in [-0.05, 0) is 19.1 Å². The molecule has 0 bridgehead atoms. The molecule has 0 saturated heterocycles. The third-order valence-corrected chi connectivity index (χ3v) is 1.72. The number of hydrogen-bond acceptors (Lipinski definition) is 2. The van der Waals surface area contributed by atoms with Gasteiger partial charge in [-0.25, -0.2) is 4.98 Å². The lowest BCUT2D eigenvalue weighted by atomic mass is 10.3. The van der Waals surface area contributed by atoms with E-state index in [1.54, 1.807) is 18.3 Å². The van der Waals surface area contributed by atoms with Crippen molar-refractivity contribution in [2.24, 2.45) is 0 Å². The molecule has 0 aromatic carbocycles. The van der Waals surface area contributed by atoms with Crippen LogP contribution in [0.15, 0.2) is 30.5 Å². The van der Waals surface area contributed by atoms with E-state index >= 15 is 0 Å². The first-order valence-electron chi connectivity index (χ1n) is 4.07. The molecule has 1 heterocycles. The average molecular weight is 198 g/mol. The SMILES string of the molecule is C=C(C)CCOc1ccc(Cl)nc1. The second-order valence-electron chi connectivity index (χ2n) is 2.87. The van der Waals surface area contributed by atoms with E-state index in [1.165, 1.54) is 0 Å². The minimum absolute atomic E-state index is 0.479. The summed E-state index contributed by atoms with van der Waals surface area (Å²) in [5.41, 5.74) is 1.11. The van der Waals surface area contributed by atoms with Crippen molar-refractivity contribution in [3.8, 4) is 5.75 Å². The molecule has 13 heavy (non-hydrogen) atoms. The van der Waals surface area contributed by atoms with Gasteiger partial charge in [-0.1, -0.05) is 17.2 Å². The second kappa shape index (κ2) is 4.87. The van der Waals surface area contributed by atoms with Crippen molar-refractivity contribution < 1.29 is 4.74 Å². The third-order valence-electron chi connectivity index (χ3n) is 1.50. The summed E-state index contributed by atoms with van der Waals surface area (Å²) in [5.74, 6) is 0.741. The van der Waals surface area contributed by atoms with Crippen molar-refractivity contribution in [3.05, 3.63) is 35.6 Å². The fourth-order valence-electron chi connectivity index (χ4n) is 0.791. The fourth-order valence-corrected chi connectivity index (χ4v) is 0.903. The standard InChI is InChI=1S/C10H12ClNO/c1-8(2)5-6-13-9-3-4-10(11)12-7-9/h3-4,7H,1,5-6H2,2H3. The van der Waals surface area contributed by atoms with Gasteiger partial charge in [0.25, 0.3) is 0 Å². The van der Waals surface area contributed by atoms with Gasteiger partial charge >= 0.3 is 0 Å². The quantitative estimate of drug-likeness (QED) is 0.547. The van der Waals surface area contributed by atoms with Gasteiger partial charge < -0.3 is 4.74 Å². The summed E-state index contributed by atoms with van der Waals surface area (Å²) in [6.07, 6.45) is 2.48. The molecular weight excluding hydrogens is 186 g/mol. The topological polar surface area (TPSA) is 22.1 Å². The highest BCUT2D eigenvalue weighted by Crippen LogP contribution is 2.12. The highest BCUT2D eigenvalue weighted by atomic mass is 35.5. The molecule has 0 fully saturated rings. The normalized spacial score (nSPS) is 9.69. The Hall–Kier alpha value is -1.02. The van der Waals surface area contributed by atoms with Crippen LogP contribution in [-0.2, 0) is 0 Å². The zero-order valence-electron chi connectivity index (χ0n) is 7.59. The molecule has 3 heteroatoms. The van der Waals surface area contributed by atoms with E-state index in [2.05, 4.69) is 11.6 Å². The Balaban J connectivity index is 2.37. The molecule has 0 amide bonds. The molecule has 1 aromatic rings. The molecule has 0 unspecified atom stereocenters. The van der Waals surface area contributed by atoms with Gasteiger partial charge in [0.15, 0.2) is 0 Å². The largest absolute Gasteiger partial charge is 0.492 e. The van der Waals surface area contributed by atoms with E-state index in [0.717, 1.165) is 17.7 Å². The molecule has 0 atom stereocenters. The molecule has 0 spiro atoms. The van der Waals surface area contributed by atoms with Crippen LogP contribution in [-0.4, -0.2) is 11.6 Å². The number of ether oxygens (including phenoxy) is 1. The first-order valence-corrected chi connectivity index (χ1v) is 4.45. The Morgan fingerprint density at radius 1 is 1.62 bits per heavy atom. The smallest absolute Gasteiger partial charge is 0.137 e. The predicted molar refractivity (Wildman–Crippen MR) is 54.2 cm³/mol. The molecule has 1 aromatic heterocycles. The Labute approximate surface area is 83.2 Å². The Kier molecular flexibility index (Phi) is 3.77. The van der Waals surface area contributed by atoms with E-state index in [0.29, 0.717) is 11.8 Å². The number of nitrogens with zero attached hydrogens (tertiary/aromatic N) is 1. The zero-order chi connectivity index (χ0) is 9.68. The van der Waals surface area contributed by atoms with Crippen LogP contribution in [0.1, 0.15) is 13.3 Å². The predicted octanol–water partition coefficient (Wildman–Crippen LogP) is 3.08. The van der Waals surface area contributed by atoms with E-state index in [9.17, 15) is 0 Å². The zero-order valence-corrected chi connectivity index (χ0v) is 8.34. The molecule has 2 nitrogen and oxygen atoms in total. The summed E-state index contributed by atoms with van der Waals surface area (Å²) in [7, 11) is 0. The van der Waals surface area contributed by atoms with Gasteiger partial charge in [-0.2, -0.15) is 0 Å². The number of hydrogen-bond donors (Lipinski definition) is 0. The third kappa shape index (κ3) is 3.95. The minimum Gasteiger partial charge on any atom is -0.492 e. The molecular formula is C10H12ClNO. The van der Waals surface area contributed by atoms with Crippen molar-refractivity contribution in [3.63, 3.8) is 0 Å². The first kappa shape index (κ1) is 10.1. The molecule has 0 radical (unpaired) electrons. The molecule has 0 N–H and O–H groups in total. The first-order chi connectivity index (χ1) is 6.18. The van der Waals surface area contributed by atoms with Crippen LogP contribution in [0.3, 0.4) is 0 Å². The summed E-state index contributed by atoms with van der Waals surface area (Å²) in [6, 6.07) is 3.51. The molecule has 0 aliphatic carbocycles. The van der Waals surface area contributed by atoms with E-state index in [4.69, 9.17) is 16.3 Å². The average Bonchev–Trinajstić information content (AvgIpc) is 2.08. The summed E-state index contributed by atoms with van der Waals surface area (Å²) >= 11 is 5.62. The highest BCUT2D eigenvalue weighted by Gasteiger charge is 1.94. The maximum atomic E-state index is 5.62. The Bertz CT molecular complexity index is 281. The summed E-state index contributed by atoms with van der Waals surface area (Å²) in [6.45, 7) is 6.40. The van der Waals surface area contributed by atoms with Gasteiger partial charge in [-0.15, -0.1) is 6.58 Å². The lowest BCUT2D eigenvalue weighted by Crippen LogP contribution is -1.97. The van der Waals surface area contributed by atoms with Crippen molar-refractivity contribution in [2.75, 3.05) is 6.61 Å². The molecule has 0 saturated carbocycles. The lowest BCUT2D eigenvalue weighted by molar-refractivity contribution is 0.320. The molecule has 70 valence electrons. The van der Waals surface area contributed by atoms with Crippen LogP contribution < -0.4 is 4.74 Å². The maximum absolute atomic E-state index is 5.62. The van der Waals surface area contributed by atoms with Gasteiger partial charge in [0.05, 0.1) is 12.8 Å². The number of rotatable bonds is 4.